The van der Waals surface area contributed by atoms with Crippen molar-refractivity contribution in [3.8, 4) is 0 Å². The summed E-state index contributed by atoms with van der Waals surface area (Å²) < 4.78 is 5.30. The molecule has 37 heavy (non-hydrogen) atoms. The fraction of sp³-hybridized carbons (Fsp3) is 0.483. The maximum absolute atomic E-state index is 13.6. The van der Waals surface area contributed by atoms with Crippen molar-refractivity contribution in [2.45, 2.75) is 51.6 Å². The molecule has 0 radical (unpaired) electrons. The predicted molar refractivity (Wildman–Crippen MR) is 142 cm³/mol. The van der Waals surface area contributed by atoms with Crippen LogP contribution in [0.1, 0.15) is 61.5 Å². The quantitative estimate of drug-likeness (QED) is 0.625. The number of anilines is 1. The van der Waals surface area contributed by atoms with Gasteiger partial charge >= 0.3 is 12.1 Å². The van der Waals surface area contributed by atoms with E-state index in [0.29, 0.717) is 31.7 Å². The summed E-state index contributed by atoms with van der Waals surface area (Å²) in [5.74, 6) is -0.864. The molecule has 2 aliphatic heterocycles. The van der Waals surface area contributed by atoms with Crippen LogP contribution in [-0.4, -0.2) is 78.2 Å². The van der Waals surface area contributed by atoms with E-state index in [-0.39, 0.29) is 24.0 Å². The Balaban J connectivity index is 1.38. The molecule has 198 valence electrons. The third-order valence-corrected chi connectivity index (χ3v) is 7.47. The van der Waals surface area contributed by atoms with Crippen LogP contribution in [0.4, 0.5) is 10.5 Å². The van der Waals surface area contributed by atoms with Gasteiger partial charge in [0.1, 0.15) is 0 Å². The largest absolute Gasteiger partial charge is 0.478 e. The summed E-state index contributed by atoms with van der Waals surface area (Å²) in [5, 5.41) is 9.56. The van der Waals surface area contributed by atoms with Crippen molar-refractivity contribution >= 4 is 23.7 Å². The minimum atomic E-state index is -0.933. The number of carboxylic acids is 1. The fourth-order valence-corrected chi connectivity index (χ4v) is 5.28. The Labute approximate surface area is 218 Å². The van der Waals surface area contributed by atoms with Gasteiger partial charge in [0.05, 0.1) is 17.1 Å². The lowest BCUT2D eigenvalue weighted by Gasteiger charge is -2.36. The van der Waals surface area contributed by atoms with E-state index in [1.807, 2.05) is 69.0 Å². The first-order valence-electron chi connectivity index (χ1n) is 13.0. The van der Waals surface area contributed by atoms with Crippen LogP contribution in [0.2, 0.25) is 0 Å². The van der Waals surface area contributed by atoms with Gasteiger partial charge in [0, 0.05) is 50.9 Å². The standard InChI is InChI=1S/C29H37N3O5/c1-20(2)37-28(36)31-17-15-30(16-18-31)23-11-9-22(10-12-23)29(3,4)27(35)32-14-13-21(19-32)24-7-5-6-8-25(24)26(33)34/h5-12,20-21H,13-19H2,1-4H3,(H,33,34). The molecule has 2 fully saturated rings. The highest BCUT2D eigenvalue weighted by Crippen LogP contribution is 2.34. The molecule has 2 heterocycles. The lowest BCUT2D eigenvalue weighted by Crippen LogP contribution is -2.49. The van der Waals surface area contributed by atoms with Crippen molar-refractivity contribution in [3.05, 3.63) is 65.2 Å². The molecule has 1 atom stereocenters. The number of carbonyl (C=O) groups excluding carboxylic acids is 2. The lowest BCUT2D eigenvalue weighted by molar-refractivity contribution is -0.135. The van der Waals surface area contributed by atoms with Crippen LogP contribution in [-0.2, 0) is 14.9 Å². The van der Waals surface area contributed by atoms with Crippen LogP contribution in [0.25, 0.3) is 0 Å². The predicted octanol–water partition coefficient (Wildman–Crippen LogP) is 4.35. The van der Waals surface area contributed by atoms with Crippen molar-refractivity contribution in [2.75, 3.05) is 44.2 Å². The Morgan fingerprint density at radius 1 is 0.919 bits per heavy atom. The maximum Gasteiger partial charge on any atom is 0.410 e. The molecule has 2 aromatic carbocycles. The number of benzene rings is 2. The van der Waals surface area contributed by atoms with Gasteiger partial charge in [-0.15, -0.1) is 0 Å². The van der Waals surface area contributed by atoms with Crippen molar-refractivity contribution < 1.29 is 24.2 Å². The van der Waals surface area contributed by atoms with Gasteiger partial charge in [-0.1, -0.05) is 30.3 Å². The van der Waals surface area contributed by atoms with Gasteiger partial charge in [-0.2, -0.15) is 0 Å². The molecule has 8 heteroatoms. The van der Waals surface area contributed by atoms with E-state index < -0.39 is 11.4 Å². The van der Waals surface area contributed by atoms with Gasteiger partial charge in [0.25, 0.3) is 0 Å². The van der Waals surface area contributed by atoms with Gasteiger partial charge in [-0.25, -0.2) is 9.59 Å². The van der Waals surface area contributed by atoms with E-state index in [2.05, 4.69) is 4.90 Å². The van der Waals surface area contributed by atoms with Gasteiger partial charge in [0.15, 0.2) is 0 Å². The second kappa shape index (κ2) is 10.8. The summed E-state index contributed by atoms with van der Waals surface area (Å²) in [7, 11) is 0. The fourth-order valence-electron chi connectivity index (χ4n) is 5.28. The summed E-state index contributed by atoms with van der Waals surface area (Å²) in [6, 6.07) is 15.2. The molecule has 2 aliphatic rings. The van der Waals surface area contributed by atoms with Crippen LogP contribution in [0, 0.1) is 0 Å². The average molecular weight is 508 g/mol. The highest BCUT2D eigenvalue weighted by atomic mass is 16.6. The van der Waals surface area contributed by atoms with Gasteiger partial charge in [-0.3, -0.25) is 4.79 Å². The van der Waals surface area contributed by atoms with Crippen LogP contribution >= 0.6 is 0 Å². The molecule has 1 unspecified atom stereocenters. The Hall–Kier alpha value is -3.55. The molecule has 4 rings (SSSR count). The molecule has 0 bridgehead atoms. The number of aromatic carboxylic acids is 1. The molecule has 2 aromatic rings. The first-order valence-corrected chi connectivity index (χ1v) is 13.0. The second-order valence-electron chi connectivity index (χ2n) is 10.7. The molecule has 2 amide bonds. The van der Waals surface area contributed by atoms with Crippen LogP contribution < -0.4 is 4.90 Å². The number of likely N-dealkylation sites (tertiary alicyclic amines) is 1. The molecule has 0 aliphatic carbocycles. The van der Waals surface area contributed by atoms with Gasteiger partial charge in [0.2, 0.25) is 5.91 Å². The third-order valence-electron chi connectivity index (χ3n) is 7.47. The topological polar surface area (TPSA) is 90.4 Å². The number of rotatable bonds is 6. The lowest BCUT2D eigenvalue weighted by atomic mass is 9.83. The van der Waals surface area contributed by atoms with Gasteiger partial charge < -0.3 is 24.5 Å². The minimum absolute atomic E-state index is 0.0194. The van der Waals surface area contributed by atoms with Crippen molar-refractivity contribution in [3.63, 3.8) is 0 Å². The summed E-state index contributed by atoms with van der Waals surface area (Å²) in [4.78, 5) is 43.2. The summed E-state index contributed by atoms with van der Waals surface area (Å²) in [6.45, 7) is 11.4. The number of piperazine rings is 1. The van der Waals surface area contributed by atoms with Crippen LogP contribution in [0.3, 0.4) is 0 Å². The highest BCUT2D eigenvalue weighted by Gasteiger charge is 2.38. The Bertz CT molecular complexity index is 1140. The molecule has 0 saturated carbocycles. The molecular formula is C29H37N3O5. The number of amides is 2. The van der Waals surface area contributed by atoms with E-state index in [9.17, 15) is 19.5 Å². The number of carboxylic acid groups (broad SMARTS) is 1. The summed E-state index contributed by atoms with van der Waals surface area (Å²) in [6.07, 6.45) is 0.360. The molecule has 2 saturated heterocycles. The Morgan fingerprint density at radius 3 is 2.19 bits per heavy atom. The van der Waals surface area contributed by atoms with E-state index in [1.165, 1.54) is 0 Å². The monoisotopic (exact) mass is 507 g/mol. The van der Waals surface area contributed by atoms with Crippen molar-refractivity contribution in [1.82, 2.24) is 9.80 Å². The Kier molecular flexibility index (Phi) is 7.76. The zero-order valence-electron chi connectivity index (χ0n) is 22.1. The number of hydrogen-bond donors (Lipinski definition) is 1. The number of nitrogens with zero attached hydrogens (tertiary/aromatic N) is 3. The molecule has 1 N–H and O–H groups in total. The van der Waals surface area contributed by atoms with E-state index in [0.717, 1.165) is 36.3 Å². The van der Waals surface area contributed by atoms with Gasteiger partial charge in [-0.05, 0) is 63.4 Å². The number of hydrogen-bond acceptors (Lipinski definition) is 5. The third kappa shape index (κ3) is 5.73. The highest BCUT2D eigenvalue weighted by molar-refractivity contribution is 5.90. The number of carbonyl (C=O) groups is 3. The minimum Gasteiger partial charge on any atom is -0.478 e. The summed E-state index contributed by atoms with van der Waals surface area (Å²) >= 11 is 0. The van der Waals surface area contributed by atoms with Crippen LogP contribution in [0.15, 0.2) is 48.5 Å². The maximum atomic E-state index is 13.6. The first kappa shape index (κ1) is 26.5. The van der Waals surface area contributed by atoms with Crippen molar-refractivity contribution in [1.29, 1.82) is 0 Å². The van der Waals surface area contributed by atoms with Crippen molar-refractivity contribution in [2.24, 2.45) is 0 Å². The molecule has 0 spiro atoms. The Morgan fingerprint density at radius 2 is 1.57 bits per heavy atom. The average Bonchev–Trinajstić information content (AvgIpc) is 3.38. The first-order chi connectivity index (χ1) is 17.6. The molecule has 0 aromatic heterocycles. The second-order valence-corrected chi connectivity index (χ2v) is 10.7. The molecule has 8 nitrogen and oxygen atoms in total. The molecular weight excluding hydrogens is 470 g/mol. The SMILES string of the molecule is CC(C)OC(=O)N1CCN(c2ccc(C(C)(C)C(=O)N3CCC(c4ccccc4C(=O)O)C3)cc2)CC1. The van der Waals surface area contributed by atoms with E-state index in [4.69, 9.17) is 4.74 Å². The number of ether oxygens (including phenoxy) is 1. The van der Waals surface area contributed by atoms with E-state index >= 15 is 0 Å². The van der Waals surface area contributed by atoms with Crippen LogP contribution in [0.5, 0.6) is 0 Å². The zero-order chi connectivity index (χ0) is 26.7. The summed E-state index contributed by atoms with van der Waals surface area (Å²) in [5.41, 5.74) is 2.41. The van der Waals surface area contributed by atoms with E-state index in [1.54, 1.807) is 17.0 Å². The zero-order valence-corrected chi connectivity index (χ0v) is 22.1. The normalized spacial score (nSPS) is 18.3. The smallest absolute Gasteiger partial charge is 0.410 e.